The Kier molecular flexibility index (Phi) is 5.17. The molecule has 0 spiro atoms. The summed E-state index contributed by atoms with van der Waals surface area (Å²) in [5.41, 5.74) is -0.0888. The van der Waals surface area contributed by atoms with Gasteiger partial charge >= 0.3 is 0 Å². The average Bonchev–Trinajstić information content (AvgIpc) is 2.48. The molecule has 0 unspecified atom stereocenters. The molecule has 1 aromatic heterocycles. The Bertz CT molecular complexity index is 581. The van der Waals surface area contributed by atoms with Crippen LogP contribution in [0.2, 0.25) is 0 Å². The molecule has 0 saturated heterocycles. The topological polar surface area (TPSA) is 56.1 Å². The van der Waals surface area contributed by atoms with Crippen LogP contribution < -0.4 is 15.6 Å². The SMILES string of the molecule is CCCn1ccnc(NCCOc2ccccc2)c1=O. The van der Waals surface area contributed by atoms with Gasteiger partial charge in [-0.3, -0.25) is 4.79 Å². The summed E-state index contributed by atoms with van der Waals surface area (Å²) in [6.07, 6.45) is 4.26. The number of nitrogens with one attached hydrogen (secondary N) is 1. The third-order valence-corrected chi connectivity index (χ3v) is 2.78. The minimum absolute atomic E-state index is 0.0888. The fourth-order valence-corrected chi connectivity index (χ4v) is 1.84. The predicted molar refractivity (Wildman–Crippen MR) is 79.2 cm³/mol. The van der Waals surface area contributed by atoms with Gasteiger partial charge in [-0.1, -0.05) is 25.1 Å². The molecule has 0 saturated carbocycles. The van der Waals surface area contributed by atoms with E-state index in [0.717, 1.165) is 12.2 Å². The van der Waals surface area contributed by atoms with Gasteiger partial charge in [0.2, 0.25) is 0 Å². The fraction of sp³-hybridized carbons (Fsp3) is 0.333. The zero-order chi connectivity index (χ0) is 14.2. The minimum Gasteiger partial charge on any atom is -0.492 e. The van der Waals surface area contributed by atoms with Crippen LogP contribution in [0.25, 0.3) is 0 Å². The van der Waals surface area contributed by atoms with Crippen molar-refractivity contribution in [3.05, 3.63) is 53.1 Å². The van der Waals surface area contributed by atoms with Crippen LogP contribution in [-0.2, 0) is 6.54 Å². The number of aromatic nitrogens is 2. The number of ether oxygens (including phenoxy) is 1. The summed E-state index contributed by atoms with van der Waals surface area (Å²) in [4.78, 5) is 16.1. The maximum absolute atomic E-state index is 12.0. The first-order chi connectivity index (χ1) is 9.81. The van der Waals surface area contributed by atoms with Crippen molar-refractivity contribution in [1.82, 2.24) is 9.55 Å². The molecule has 1 aromatic carbocycles. The Morgan fingerprint density at radius 1 is 1.30 bits per heavy atom. The van der Waals surface area contributed by atoms with Crippen LogP contribution in [0.5, 0.6) is 5.75 Å². The van der Waals surface area contributed by atoms with E-state index >= 15 is 0 Å². The van der Waals surface area contributed by atoms with Crippen molar-refractivity contribution in [2.24, 2.45) is 0 Å². The third kappa shape index (κ3) is 3.85. The Balaban J connectivity index is 1.85. The summed E-state index contributed by atoms with van der Waals surface area (Å²) >= 11 is 0. The molecular formula is C15H19N3O2. The molecule has 0 aliphatic carbocycles. The third-order valence-electron chi connectivity index (χ3n) is 2.78. The van der Waals surface area contributed by atoms with Crippen LogP contribution in [0.15, 0.2) is 47.5 Å². The van der Waals surface area contributed by atoms with E-state index in [9.17, 15) is 4.79 Å². The fourth-order valence-electron chi connectivity index (χ4n) is 1.84. The number of aryl methyl sites for hydroxylation is 1. The lowest BCUT2D eigenvalue weighted by molar-refractivity contribution is 0.332. The van der Waals surface area contributed by atoms with Gasteiger partial charge in [-0.2, -0.15) is 0 Å². The molecule has 0 amide bonds. The first-order valence-electron chi connectivity index (χ1n) is 6.78. The van der Waals surface area contributed by atoms with Crippen molar-refractivity contribution in [3.63, 3.8) is 0 Å². The average molecular weight is 273 g/mol. The molecule has 5 nitrogen and oxygen atoms in total. The molecule has 0 atom stereocenters. The number of nitrogens with zero attached hydrogens (tertiary/aromatic N) is 2. The lowest BCUT2D eigenvalue weighted by atomic mass is 10.3. The highest BCUT2D eigenvalue weighted by atomic mass is 16.5. The number of rotatable bonds is 7. The first-order valence-corrected chi connectivity index (χ1v) is 6.78. The van der Waals surface area contributed by atoms with E-state index in [1.807, 2.05) is 37.3 Å². The molecule has 0 fully saturated rings. The summed E-state index contributed by atoms with van der Waals surface area (Å²) in [7, 11) is 0. The van der Waals surface area contributed by atoms with Gasteiger partial charge in [-0.15, -0.1) is 0 Å². The number of benzene rings is 1. The van der Waals surface area contributed by atoms with Crippen LogP contribution in [0, 0.1) is 0 Å². The Morgan fingerprint density at radius 2 is 2.10 bits per heavy atom. The van der Waals surface area contributed by atoms with E-state index < -0.39 is 0 Å². The molecule has 2 aromatic rings. The van der Waals surface area contributed by atoms with E-state index in [1.165, 1.54) is 0 Å². The number of hydrogen-bond acceptors (Lipinski definition) is 4. The Labute approximate surface area is 118 Å². The zero-order valence-corrected chi connectivity index (χ0v) is 11.6. The van der Waals surface area contributed by atoms with Gasteiger partial charge in [-0.05, 0) is 18.6 Å². The number of anilines is 1. The van der Waals surface area contributed by atoms with E-state index in [2.05, 4.69) is 10.3 Å². The molecule has 20 heavy (non-hydrogen) atoms. The second-order valence-corrected chi connectivity index (χ2v) is 4.36. The van der Waals surface area contributed by atoms with E-state index in [4.69, 9.17) is 4.74 Å². The van der Waals surface area contributed by atoms with Crippen molar-refractivity contribution in [1.29, 1.82) is 0 Å². The van der Waals surface area contributed by atoms with Gasteiger partial charge < -0.3 is 14.6 Å². The van der Waals surface area contributed by atoms with Crippen LogP contribution in [0.3, 0.4) is 0 Å². The van der Waals surface area contributed by atoms with Gasteiger partial charge in [0.25, 0.3) is 5.56 Å². The predicted octanol–water partition coefficient (Wildman–Crippen LogP) is 2.14. The molecule has 1 N–H and O–H groups in total. The molecule has 0 bridgehead atoms. The van der Waals surface area contributed by atoms with Crippen molar-refractivity contribution in [2.45, 2.75) is 19.9 Å². The minimum atomic E-state index is -0.0888. The smallest absolute Gasteiger partial charge is 0.293 e. The zero-order valence-electron chi connectivity index (χ0n) is 11.6. The molecule has 1 heterocycles. The summed E-state index contributed by atoms with van der Waals surface area (Å²) < 4.78 is 7.21. The van der Waals surface area contributed by atoms with Gasteiger partial charge in [0.15, 0.2) is 5.82 Å². The highest BCUT2D eigenvalue weighted by Gasteiger charge is 2.03. The first kappa shape index (κ1) is 14.1. The summed E-state index contributed by atoms with van der Waals surface area (Å²) in [5, 5.41) is 3.01. The maximum atomic E-state index is 12.0. The summed E-state index contributed by atoms with van der Waals surface area (Å²) in [5.74, 6) is 1.19. The summed E-state index contributed by atoms with van der Waals surface area (Å²) in [6.45, 7) is 3.76. The van der Waals surface area contributed by atoms with Gasteiger partial charge in [0.1, 0.15) is 12.4 Å². The molecule has 106 valence electrons. The quantitative estimate of drug-likeness (QED) is 0.785. The van der Waals surface area contributed by atoms with Gasteiger partial charge in [0, 0.05) is 18.9 Å². The normalized spacial score (nSPS) is 10.2. The van der Waals surface area contributed by atoms with Crippen LogP contribution in [0.1, 0.15) is 13.3 Å². The van der Waals surface area contributed by atoms with Gasteiger partial charge in [-0.25, -0.2) is 4.98 Å². The molecule has 0 radical (unpaired) electrons. The second kappa shape index (κ2) is 7.33. The molecule has 5 heteroatoms. The lowest BCUT2D eigenvalue weighted by Gasteiger charge is -2.09. The van der Waals surface area contributed by atoms with E-state index in [0.29, 0.717) is 25.5 Å². The van der Waals surface area contributed by atoms with Crippen LogP contribution >= 0.6 is 0 Å². The van der Waals surface area contributed by atoms with E-state index in [1.54, 1.807) is 17.0 Å². The molecule has 0 aliphatic rings. The highest BCUT2D eigenvalue weighted by Crippen LogP contribution is 2.07. The Morgan fingerprint density at radius 3 is 2.85 bits per heavy atom. The lowest BCUT2D eigenvalue weighted by Crippen LogP contribution is -2.25. The monoisotopic (exact) mass is 273 g/mol. The molecule has 2 rings (SSSR count). The van der Waals surface area contributed by atoms with E-state index in [-0.39, 0.29) is 5.56 Å². The van der Waals surface area contributed by atoms with Crippen LogP contribution in [0.4, 0.5) is 5.82 Å². The van der Waals surface area contributed by atoms with Crippen molar-refractivity contribution in [2.75, 3.05) is 18.5 Å². The summed E-state index contributed by atoms with van der Waals surface area (Å²) in [6, 6.07) is 9.58. The van der Waals surface area contributed by atoms with Crippen molar-refractivity contribution >= 4 is 5.82 Å². The number of hydrogen-bond donors (Lipinski definition) is 1. The molecule has 0 aliphatic heterocycles. The van der Waals surface area contributed by atoms with Gasteiger partial charge in [0.05, 0.1) is 6.54 Å². The second-order valence-electron chi connectivity index (χ2n) is 4.36. The Hall–Kier alpha value is -2.30. The molecular weight excluding hydrogens is 254 g/mol. The maximum Gasteiger partial charge on any atom is 0.293 e. The van der Waals surface area contributed by atoms with Crippen molar-refractivity contribution < 1.29 is 4.74 Å². The standard InChI is InChI=1S/C15H19N3O2/c1-2-10-18-11-8-16-14(15(18)19)17-9-12-20-13-6-4-3-5-7-13/h3-8,11H,2,9-10,12H2,1H3,(H,16,17). The largest absolute Gasteiger partial charge is 0.492 e. The van der Waals surface area contributed by atoms with Crippen molar-refractivity contribution in [3.8, 4) is 5.75 Å². The highest BCUT2D eigenvalue weighted by molar-refractivity contribution is 5.30. The number of para-hydroxylation sites is 1. The van der Waals surface area contributed by atoms with Crippen LogP contribution in [-0.4, -0.2) is 22.7 Å².